The lowest BCUT2D eigenvalue weighted by Crippen LogP contribution is -2.33. The van der Waals surface area contributed by atoms with E-state index in [0.29, 0.717) is 10.6 Å². The zero-order valence-electron chi connectivity index (χ0n) is 11.3. The maximum atomic E-state index is 13.1. The van der Waals surface area contributed by atoms with E-state index in [1.165, 1.54) is 12.1 Å². The lowest BCUT2D eigenvalue weighted by Gasteiger charge is -2.27. The van der Waals surface area contributed by atoms with Gasteiger partial charge in [0.25, 0.3) is 0 Å². The van der Waals surface area contributed by atoms with Gasteiger partial charge in [0, 0.05) is 18.0 Å². The van der Waals surface area contributed by atoms with Gasteiger partial charge in [0.15, 0.2) is 0 Å². The summed E-state index contributed by atoms with van der Waals surface area (Å²) >= 11 is 5.77. The van der Waals surface area contributed by atoms with Crippen molar-refractivity contribution < 1.29 is 27.0 Å². The van der Waals surface area contributed by atoms with Gasteiger partial charge in [-0.1, -0.05) is 23.7 Å². The Morgan fingerprint density at radius 1 is 1.41 bits per heavy atom. The molecule has 2 rings (SSSR count). The van der Waals surface area contributed by atoms with Crippen molar-refractivity contribution in [1.29, 1.82) is 0 Å². The van der Waals surface area contributed by atoms with Gasteiger partial charge in [-0.2, -0.15) is 8.42 Å². The number of hydrogen-bond acceptors (Lipinski definition) is 4. The Hall–Kier alpha value is -1.67. The molecule has 1 aromatic carbocycles. The fourth-order valence-corrected chi connectivity index (χ4v) is 3.25. The van der Waals surface area contributed by atoms with Crippen LogP contribution in [0.1, 0.15) is 24.4 Å². The summed E-state index contributed by atoms with van der Waals surface area (Å²) in [5.41, 5.74) is 0.497. The van der Waals surface area contributed by atoms with Crippen LogP contribution in [0.4, 0.5) is 3.89 Å². The first-order valence-corrected chi connectivity index (χ1v) is 8.21. The minimum Gasteiger partial charge on any atom is -0.481 e. The summed E-state index contributed by atoms with van der Waals surface area (Å²) in [6.07, 6.45) is -0.894. The van der Waals surface area contributed by atoms with Crippen molar-refractivity contribution in [3.63, 3.8) is 0 Å². The van der Waals surface area contributed by atoms with Gasteiger partial charge >= 0.3 is 16.2 Å². The minimum atomic E-state index is -4.85. The van der Waals surface area contributed by atoms with E-state index in [-0.39, 0.29) is 6.54 Å². The Morgan fingerprint density at radius 3 is 2.45 bits per heavy atom. The highest BCUT2D eigenvalue weighted by Crippen LogP contribution is 2.32. The van der Waals surface area contributed by atoms with Crippen LogP contribution in [0.25, 0.3) is 0 Å². The number of aliphatic carboxylic acids is 1. The third kappa shape index (κ3) is 3.75. The van der Waals surface area contributed by atoms with Crippen molar-refractivity contribution in [1.82, 2.24) is 4.90 Å². The van der Waals surface area contributed by atoms with Gasteiger partial charge in [-0.05, 0) is 17.7 Å². The number of amides is 1. The van der Waals surface area contributed by atoms with Crippen LogP contribution in [0.5, 0.6) is 0 Å². The smallest absolute Gasteiger partial charge is 0.307 e. The van der Waals surface area contributed by atoms with E-state index in [1.807, 2.05) is 0 Å². The van der Waals surface area contributed by atoms with Crippen LogP contribution < -0.4 is 0 Å². The van der Waals surface area contributed by atoms with E-state index < -0.39 is 46.2 Å². The Morgan fingerprint density at radius 2 is 2.00 bits per heavy atom. The minimum absolute atomic E-state index is 0.363. The number of halogens is 2. The summed E-state index contributed by atoms with van der Waals surface area (Å²) in [7, 11) is -4.85. The summed E-state index contributed by atoms with van der Waals surface area (Å²) in [6, 6.07) is 5.32. The summed E-state index contributed by atoms with van der Waals surface area (Å²) in [4.78, 5) is 24.1. The summed E-state index contributed by atoms with van der Waals surface area (Å²) < 4.78 is 35.0. The molecule has 22 heavy (non-hydrogen) atoms. The molecule has 1 aliphatic heterocycles. The number of carbonyl (C=O) groups excluding carboxylic acids is 1. The SMILES string of the molecule is O=C(O)CC(c1ccc(Cl)cc1)N1CC(S(=O)(=O)F)CC1=O. The molecule has 0 bridgehead atoms. The van der Waals surface area contributed by atoms with Gasteiger partial charge in [-0.3, -0.25) is 9.59 Å². The Balaban J connectivity index is 2.32. The largest absolute Gasteiger partial charge is 0.481 e. The number of carbonyl (C=O) groups is 2. The zero-order valence-corrected chi connectivity index (χ0v) is 12.8. The average molecular weight is 350 g/mol. The molecule has 1 fully saturated rings. The molecular weight excluding hydrogens is 337 g/mol. The fraction of sp³-hybridized carbons (Fsp3) is 0.385. The van der Waals surface area contributed by atoms with Crippen molar-refractivity contribution in [3.05, 3.63) is 34.9 Å². The molecule has 2 unspecified atom stereocenters. The van der Waals surface area contributed by atoms with Crippen LogP contribution in [-0.2, 0) is 19.8 Å². The first kappa shape index (κ1) is 16.7. The van der Waals surface area contributed by atoms with Gasteiger partial charge in [0.05, 0.1) is 12.5 Å². The second kappa shape index (κ2) is 6.21. The zero-order chi connectivity index (χ0) is 16.5. The van der Waals surface area contributed by atoms with Crippen LogP contribution in [0.2, 0.25) is 5.02 Å². The summed E-state index contributed by atoms with van der Waals surface area (Å²) in [6.45, 7) is -0.363. The fourth-order valence-electron chi connectivity index (χ4n) is 2.45. The van der Waals surface area contributed by atoms with Crippen LogP contribution in [-0.4, -0.2) is 42.1 Å². The molecular formula is C13H13ClFNO5S. The molecule has 0 aromatic heterocycles. The number of nitrogens with zero attached hydrogens (tertiary/aromatic N) is 1. The third-order valence-electron chi connectivity index (χ3n) is 3.52. The van der Waals surface area contributed by atoms with E-state index in [1.54, 1.807) is 12.1 Å². The molecule has 120 valence electrons. The monoisotopic (exact) mass is 349 g/mol. The van der Waals surface area contributed by atoms with Crippen LogP contribution in [0, 0.1) is 0 Å². The van der Waals surface area contributed by atoms with Gasteiger partial charge in [-0.25, -0.2) is 0 Å². The molecule has 1 N–H and O–H groups in total. The van der Waals surface area contributed by atoms with Crippen LogP contribution in [0.15, 0.2) is 24.3 Å². The highest BCUT2D eigenvalue weighted by atomic mass is 35.5. The van der Waals surface area contributed by atoms with Gasteiger partial charge in [-0.15, -0.1) is 3.89 Å². The topological polar surface area (TPSA) is 91.8 Å². The number of carboxylic acid groups (broad SMARTS) is 1. The molecule has 0 saturated carbocycles. The lowest BCUT2D eigenvalue weighted by molar-refractivity contribution is -0.139. The van der Waals surface area contributed by atoms with E-state index in [9.17, 15) is 21.9 Å². The van der Waals surface area contributed by atoms with Crippen molar-refractivity contribution in [3.8, 4) is 0 Å². The van der Waals surface area contributed by atoms with Gasteiger partial charge < -0.3 is 10.0 Å². The van der Waals surface area contributed by atoms with E-state index in [0.717, 1.165) is 4.90 Å². The number of hydrogen-bond donors (Lipinski definition) is 1. The number of rotatable bonds is 5. The average Bonchev–Trinajstić information content (AvgIpc) is 2.79. The Labute approximate surface area is 131 Å². The lowest BCUT2D eigenvalue weighted by atomic mass is 10.0. The normalized spacial score (nSPS) is 20.2. The first-order chi connectivity index (χ1) is 10.2. The first-order valence-electron chi connectivity index (χ1n) is 6.38. The number of carboxylic acids is 1. The van der Waals surface area contributed by atoms with E-state index >= 15 is 0 Å². The molecule has 1 amide bonds. The Bertz CT molecular complexity index is 691. The quantitative estimate of drug-likeness (QED) is 0.818. The third-order valence-corrected chi connectivity index (χ3v) is 4.88. The molecule has 1 aliphatic rings. The molecule has 0 radical (unpaired) electrons. The van der Waals surface area contributed by atoms with Crippen LogP contribution >= 0.6 is 11.6 Å². The molecule has 1 saturated heterocycles. The molecule has 9 heteroatoms. The molecule has 0 aliphatic carbocycles. The van der Waals surface area contributed by atoms with Gasteiger partial charge in [0.2, 0.25) is 5.91 Å². The number of likely N-dealkylation sites (tertiary alicyclic amines) is 1. The predicted octanol–water partition coefficient (Wildman–Crippen LogP) is 1.76. The second-order valence-corrected chi connectivity index (χ2v) is 7.07. The maximum absolute atomic E-state index is 13.1. The number of benzene rings is 1. The highest BCUT2D eigenvalue weighted by Gasteiger charge is 2.42. The summed E-state index contributed by atoms with van der Waals surface area (Å²) in [5, 5.41) is 8.00. The molecule has 1 aromatic rings. The van der Waals surface area contributed by atoms with Crippen molar-refractivity contribution >= 4 is 33.7 Å². The molecule has 0 spiro atoms. The van der Waals surface area contributed by atoms with Crippen molar-refractivity contribution in [2.24, 2.45) is 0 Å². The van der Waals surface area contributed by atoms with E-state index in [2.05, 4.69) is 0 Å². The molecule has 1 heterocycles. The second-order valence-electron chi connectivity index (χ2n) is 5.01. The van der Waals surface area contributed by atoms with Gasteiger partial charge in [0.1, 0.15) is 5.25 Å². The van der Waals surface area contributed by atoms with Crippen LogP contribution in [0.3, 0.4) is 0 Å². The standard InChI is InChI=1S/C13H13ClFNO5S/c14-9-3-1-8(2-4-9)11(6-13(18)19)16-7-10(5-12(16)17)22(15,20)21/h1-4,10-11H,5-7H2,(H,18,19). The summed E-state index contributed by atoms with van der Waals surface area (Å²) in [5.74, 6) is -1.74. The Kier molecular flexibility index (Phi) is 4.72. The molecule has 2 atom stereocenters. The van der Waals surface area contributed by atoms with Crippen molar-refractivity contribution in [2.45, 2.75) is 24.1 Å². The van der Waals surface area contributed by atoms with E-state index in [4.69, 9.17) is 16.7 Å². The molecule has 6 nitrogen and oxygen atoms in total. The van der Waals surface area contributed by atoms with Crippen molar-refractivity contribution in [2.75, 3.05) is 6.54 Å². The highest BCUT2D eigenvalue weighted by molar-refractivity contribution is 7.87. The maximum Gasteiger partial charge on any atom is 0.307 e. The predicted molar refractivity (Wildman–Crippen MR) is 76.6 cm³/mol.